The summed E-state index contributed by atoms with van der Waals surface area (Å²) >= 11 is 0. The first kappa shape index (κ1) is 13.2. The fourth-order valence-corrected chi connectivity index (χ4v) is 1.05. The number of anilines is 1. The van der Waals surface area contributed by atoms with Crippen molar-refractivity contribution in [3.63, 3.8) is 0 Å². The second kappa shape index (κ2) is 6.00. The molecule has 94 valence electrons. The first-order valence-corrected chi connectivity index (χ1v) is 5.24. The van der Waals surface area contributed by atoms with Crippen molar-refractivity contribution < 1.29 is 14.1 Å². The maximum absolute atomic E-state index is 11.4. The van der Waals surface area contributed by atoms with Gasteiger partial charge in [-0.3, -0.25) is 9.59 Å². The Morgan fingerprint density at radius 1 is 1.53 bits per heavy atom. The van der Waals surface area contributed by atoms with Crippen LogP contribution in [0, 0.1) is 5.92 Å². The number of amides is 2. The minimum Gasteiger partial charge on any atom is -0.363 e. The minimum absolute atomic E-state index is 0.0219. The summed E-state index contributed by atoms with van der Waals surface area (Å²) in [7, 11) is 0. The molecule has 1 atom stereocenters. The molecule has 0 saturated heterocycles. The summed E-state index contributed by atoms with van der Waals surface area (Å²) in [6.07, 6.45) is 1.34. The lowest BCUT2D eigenvalue weighted by Crippen LogP contribution is -2.46. The number of nitrogens with two attached hydrogens (primary N) is 1. The highest BCUT2D eigenvalue weighted by Gasteiger charge is 2.17. The lowest BCUT2D eigenvalue weighted by atomic mass is 10.1. The fourth-order valence-electron chi connectivity index (χ4n) is 1.05. The number of nitrogens with zero attached hydrogens (tertiary/aromatic N) is 1. The summed E-state index contributed by atoms with van der Waals surface area (Å²) < 4.78 is 4.54. The molecule has 0 aliphatic heterocycles. The van der Waals surface area contributed by atoms with E-state index >= 15 is 0 Å². The van der Waals surface area contributed by atoms with E-state index in [1.165, 1.54) is 12.3 Å². The monoisotopic (exact) mass is 240 g/mol. The molecule has 0 saturated carbocycles. The van der Waals surface area contributed by atoms with Crippen LogP contribution in [0.1, 0.15) is 13.8 Å². The summed E-state index contributed by atoms with van der Waals surface area (Å²) in [6.45, 7) is 3.52. The largest absolute Gasteiger partial charge is 0.363 e. The number of carbonyl (C=O) groups is 2. The molecule has 2 amide bonds. The Balaban J connectivity index is 2.31. The van der Waals surface area contributed by atoms with Crippen molar-refractivity contribution in [3.8, 4) is 0 Å². The van der Waals surface area contributed by atoms with Crippen LogP contribution < -0.4 is 16.4 Å². The molecule has 7 heteroatoms. The van der Waals surface area contributed by atoms with Gasteiger partial charge >= 0.3 is 0 Å². The molecule has 1 rings (SSSR count). The van der Waals surface area contributed by atoms with Gasteiger partial charge in [0.2, 0.25) is 11.8 Å². The van der Waals surface area contributed by atoms with Crippen LogP contribution in [0.4, 0.5) is 5.82 Å². The first-order chi connectivity index (χ1) is 8.00. The van der Waals surface area contributed by atoms with Crippen molar-refractivity contribution in [2.75, 3.05) is 11.9 Å². The molecule has 0 bridgehead atoms. The molecular weight excluding hydrogens is 224 g/mol. The van der Waals surface area contributed by atoms with Gasteiger partial charge in [-0.05, 0) is 5.92 Å². The Morgan fingerprint density at radius 2 is 2.24 bits per heavy atom. The number of aromatic nitrogens is 1. The number of nitrogens with one attached hydrogen (secondary N) is 2. The second-order valence-corrected chi connectivity index (χ2v) is 3.92. The SMILES string of the molecule is CC(C)[C@H](N)C(=O)NCC(=O)Nc1ccon1. The van der Waals surface area contributed by atoms with Gasteiger partial charge in [0.05, 0.1) is 12.6 Å². The Hall–Kier alpha value is -1.89. The Labute approximate surface area is 98.7 Å². The van der Waals surface area contributed by atoms with Crippen LogP contribution in [0.25, 0.3) is 0 Å². The third kappa shape index (κ3) is 4.23. The van der Waals surface area contributed by atoms with Gasteiger partial charge in [-0.1, -0.05) is 19.0 Å². The standard InChI is InChI=1S/C10H16N4O3/c1-6(2)9(11)10(16)12-5-8(15)13-7-3-4-17-14-7/h3-4,6,9H,5,11H2,1-2H3,(H,12,16)(H,13,14,15)/t9-/m0/s1. The van der Waals surface area contributed by atoms with Crippen LogP contribution in [-0.2, 0) is 9.59 Å². The normalized spacial score (nSPS) is 12.2. The van der Waals surface area contributed by atoms with E-state index in [2.05, 4.69) is 20.3 Å². The number of hydrogen-bond acceptors (Lipinski definition) is 5. The molecule has 7 nitrogen and oxygen atoms in total. The topological polar surface area (TPSA) is 110 Å². The van der Waals surface area contributed by atoms with Crippen LogP contribution in [0.5, 0.6) is 0 Å². The number of rotatable bonds is 5. The molecule has 1 heterocycles. The Morgan fingerprint density at radius 3 is 2.76 bits per heavy atom. The quantitative estimate of drug-likeness (QED) is 0.655. The van der Waals surface area contributed by atoms with Gasteiger partial charge in [0.25, 0.3) is 0 Å². The maximum Gasteiger partial charge on any atom is 0.245 e. The van der Waals surface area contributed by atoms with E-state index in [9.17, 15) is 9.59 Å². The number of hydrogen-bond donors (Lipinski definition) is 3. The molecule has 4 N–H and O–H groups in total. The van der Waals surface area contributed by atoms with Crippen molar-refractivity contribution in [1.82, 2.24) is 10.5 Å². The molecule has 0 aliphatic rings. The van der Waals surface area contributed by atoms with E-state index in [1.807, 2.05) is 13.8 Å². The summed E-state index contributed by atoms with van der Waals surface area (Å²) in [5, 5.41) is 8.39. The van der Waals surface area contributed by atoms with Gasteiger partial charge < -0.3 is 20.9 Å². The van der Waals surface area contributed by atoms with Crippen LogP contribution >= 0.6 is 0 Å². The molecule has 0 radical (unpaired) electrons. The maximum atomic E-state index is 11.4. The highest BCUT2D eigenvalue weighted by atomic mass is 16.5. The molecule has 0 aliphatic carbocycles. The van der Waals surface area contributed by atoms with Gasteiger partial charge in [0, 0.05) is 6.07 Å². The zero-order valence-electron chi connectivity index (χ0n) is 9.77. The van der Waals surface area contributed by atoms with Crippen LogP contribution in [-0.4, -0.2) is 29.6 Å². The highest BCUT2D eigenvalue weighted by molar-refractivity contribution is 5.94. The number of carbonyl (C=O) groups excluding carboxylic acids is 2. The van der Waals surface area contributed by atoms with Gasteiger partial charge in [0.15, 0.2) is 5.82 Å². The molecule has 1 aromatic heterocycles. The molecule has 0 unspecified atom stereocenters. The summed E-state index contributed by atoms with van der Waals surface area (Å²) in [6, 6.07) is 0.884. The summed E-state index contributed by atoms with van der Waals surface area (Å²) in [5.41, 5.74) is 5.61. The highest BCUT2D eigenvalue weighted by Crippen LogP contribution is 2.00. The molecule has 0 fully saturated rings. The zero-order valence-corrected chi connectivity index (χ0v) is 9.77. The van der Waals surface area contributed by atoms with Crippen LogP contribution in [0.15, 0.2) is 16.9 Å². The smallest absolute Gasteiger partial charge is 0.245 e. The van der Waals surface area contributed by atoms with Crippen LogP contribution in [0.2, 0.25) is 0 Å². The van der Waals surface area contributed by atoms with Crippen molar-refractivity contribution in [1.29, 1.82) is 0 Å². The predicted molar refractivity (Wildman–Crippen MR) is 61.0 cm³/mol. The van der Waals surface area contributed by atoms with E-state index in [0.717, 1.165) is 0 Å². The third-order valence-corrected chi connectivity index (χ3v) is 2.15. The van der Waals surface area contributed by atoms with Gasteiger partial charge in [-0.15, -0.1) is 0 Å². The zero-order chi connectivity index (χ0) is 12.8. The first-order valence-electron chi connectivity index (χ1n) is 5.24. The molecule has 17 heavy (non-hydrogen) atoms. The van der Waals surface area contributed by atoms with E-state index in [4.69, 9.17) is 5.73 Å². The van der Waals surface area contributed by atoms with E-state index in [1.54, 1.807) is 0 Å². The second-order valence-electron chi connectivity index (χ2n) is 3.92. The van der Waals surface area contributed by atoms with E-state index in [0.29, 0.717) is 5.82 Å². The fraction of sp³-hybridized carbons (Fsp3) is 0.500. The van der Waals surface area contributed by atoms with Gasteiger partial charge in [-0.2, -0.15) is 0 Å². The average Bonchev–Trinajstić information content (AvgIpc) is 2.77. The van der Waals surface area contributed by atoms with Gasteiger partial charge in [0.1, 0.15) is 6.26 Å². The predicted octanol–water partition coefficient (Wildman–Crippen LogP) is -0.287. The molecule has 0 aromatic carbocycles. The van der Waals surface area contributed by atoms with Crippen molar-refractivity contribution in [2.24, 2.45) is 11.7 Å². The van der Waals surface area contributed by atoms with E-state index in [-0.39, 0.29) is 24.3 Å². The van der Waals surface area contributed by atoms with Crippen molar-refractivity contribution in [2.45, 2.75) is 19.9 Å². The average molecular weight is 240 g/mol. The molecule has 1 aromatic rings. The van der Waals surface area contributed by atoms with Crippen LogP contribution in [0.3, 0.4) is 0 Å². The lowest BCUT2D eigenvalue weighted by molar-refractivity contribution is -0.125. The molecule has 0 spiro atoms. The Bertz CT molecular complexity index is 375. The van der Waals surface area contributed by atoms with Crippen molar-refractivity contribution >= 4 is 17.6 Å². The van der Waals surface area contributed by atoms with Gasteiger partial charge in [-0.25, -0.2) is 0 Å². The lowest BCUT2D eigenvalue weighted by Gasteiger charge is -2.14. The van der Waals surface area contributed by atoms with E-state index < -0.39 is 6.04 Å². The molecular formula is C10H16N4O3. The van der Waals surface area contributed by atoms with Crippen molar-refractivity contribution in [3.05, 3.63) is 12.3 Å². The third-order valence-electron chi connectivity index (χ3n) is 2.15. The summed E-state index contributed by atoms with van der Waals surface area (Å²) in [4.78, 5) is 22.8. The summed E-state index contributed by atoms with van der Waals surface area (Å²) in [5.74, 6) is -0.412. The Kier molecular flexibility index (Phi) is 4.65. The minimum atomic E-state index is -0.616.